The molecule has 0 aliphatic rings. The van der Waals surface area contributed by atoms with Crippen LogP contribution in [0.3, 0.4) is 0 Å². The van der Waals surface area contributed by atoms with Gasteiger partial charge in [0, 0.05) is 12.6 Å². The van der Waals surface area contributed by atoms with E-state index >= 15 is 0 Å². The number of benzene rings is 2. The van der Waals surface area contributed by atoms with Gasteiger partial charge in [0.05, 0.1) is 11.9 Å². The number of rotatable bonds is 10. The van der Waals surface area contributed by atoms with Crippen molar-refractivity contribution in [2.24, 2.45) is 0 Å². The SMILES string of the molecule is Cc1cccc(N(CC(=O)N(CCc2ccccc2)C(C)C(=O)NC(C)C)S(C)(=O)=O)c1C. The molecule has 1 unspecified atom stereocenters. The Balaban J connectivity index is 2.35. The molecule has 0 aromatic heterocycles. The highest BCUT2D eigenvalue weighted by atomic mass is 32.2. The molecular formula is C25H35N3O4S. The van der Waals surface area contributed by atoms with Crippen LogP contribution in [0, 0.1) is 13.8 Å². The molecule has 0 bridgehead atoms. The highest BCUT2D eigenvalue weighted by Crippen LogP contribution is 2.25. The first-order valence-electron chi connectivity index (χ1n) is 11.1. The molecule has 2 amide bonds. The first-order valence-corrected chi connectivity index (χ1v) is 12.9. The monoisotopic (exact) mass is 473 g/mol. The van der Waals surface area contributed by atoms with Crippen LogP contribution in [0.4, 0.5) is 5.69 Å². The molecule has 2 aromatic carbocycles. The zero-order valence-corrected chi connectivity index (χ0v) is 21.1. The van der Waals surface area contributed by atoms with Crippen molar-refractivity contribution in [1.29, 1.82) is 0 Å². The largest absolute Gasteiger partial charge is 0.352 e. The molecule has 8 heteroatoms. The highest BCUT2D eigenvalue weighted by molar-refractivity contribution is 7.92. The van der Waals surface area contributed by atoms with Gasteiger partial charge >= 0.3 is 0 Å². The van der Waals surface area contributed by atoms with Crippen molar-refractivity contribution in [3.63, 3.8) is 0 Å². The number of anilines is 1. The van der Waals surface area contributed by atoms with Gasteiger partial charge in [-0.1, -0.05) is 42.5 Å². The fraction of sp³-hybridized carbons (Fsp3) is 0.440. The van der Waals surface area contributed by atoms with Crippen molar-refractivity contribution in [2.45, 2.75) is 53.1 Å². The van der Waals surface area contributed by atoms with Gasteiger partial charge in [0.2, 0.25) is 21.8 Å². The summed E-state index contributed by atoms with van der Waals surface area (Å²) in [4.78, 5) is 27.7. The smallest absolute Gasteiger partial charge is 0.244 e. The van der Waals surface area contributed by atoms with E-state index in [4.69, 9.17) is 0 Å². The van der Waals surface area contributed by atoms with E-state index in [1.807, 2.05) is 64.1 Å². The number of carbonyl (C=O) groups excluding carboxylic acids is 2. The molecule has 0 fully saturated rings. The molecule has 180 valence electrons. The molecule has 33 heavy (non-hydrogen) atoms. The standard InChI is InChI=1S/C25H35N3O4S/c1-18(2)26-25(30)21(5)27(16-15-22-12-8-7-9-13-22)24(29)17-28(33(6,31)32)23-14-10-11-19(3)20(23)4/h7-14,18,21H,15-17H2,1-6H3,(H,26,30). The van der Waals surface area contributed by atoms with Crippen LogP contribution in [0.25, 0.3) is 0 Å². The van der Waals surface area contributed by atoms with Gasteiger partial charge in [0.25, 0.3) is 0 Å². The lowest BCUT2D eigenvalue weighted by atomic mass is 10.1. The fourth-order valence-electron chi connectivity index (χ4n) is 3.58. The first-order chi connectivity index (χ1) is 15.4. The van der Waals surface area contributed by atoms with E-state index < -0.39 is 22.0 Å². The molecule has 0 aliphatic carbocycles. The predicted molar refractivity (Wildman–Crippen MR) is 133 cm³/mol. The molecule has 0 aliphatic heterocycles. The second kappa shape index (κ2) is 11.3. The van der Waals surface area contributed by atoms with E-state index in [1.54, 1.807) is 19.1 Å². The minimum absolute atomic E-state index is 0.0755. The summed E-state index contributed by atoms with van der Waals surface area (Å²) >= 11 is 0. The highest BCUT2D eigenvalue weighted by Gasteiger charge is 2.30. The van der Waals surface area contributed by atoms with Crippen LogP contribution in [0.2, 0.25) is 0 Å². The van der Waals surface area contributed by atoms with Gasteiger partial charge in [-0.05, 0) is 63.8 Å². The predicted octanol–water partition coefficient (Wildman–Crippen LogP) is 3.05. The van der Waals surface area contributed by atoms with E-state index in [-0.39, 0.29) is 18.5 Å². The minimum atomic E-state index is -3.73. The second-order valence-electron chi connectivity index (χ2n) is 8.65. The van der Waals surface area contributed by atoms with E-state index in [0.717, 1.165) is 27.3 Å². The van der Waals surface area contributed by atoms with Gasteiger partial charge in [-0.3, -0.25) is 13.9 Å². The number of nitrogens with zero attached hydrogens (tertiary/aromatic N) is 2. The molecule has 2 aromatic rings. The Labute approximate surface area is 197 Å². The summed E-state index contributed by atoms with van der Waals surface area (Å²) in [5.41, 5.74) is 3.21. The molecule has 0 radical (unpaired) electrons. The number of aryl methyl sites for hydroxylation is 1. The maximum absolute atomic E-state index is 13.5. The topological polar surface area (TPSA) is 86.8 Å². The Bertz CT molecular complexity index is 1070. The second-order valence-corrected chi connectivity index (χ2v) is 10.6. The van der Waals surface area contributed by atoms with Crippen molar-refractivity contribution in [3.05, 3.63) is 65.2 Å². The molecule has 1 N–H and O–H groups in total. The number of nitrogens with one attached hydrogen (secondary N) is 1. The minimum Gasteiger partial charge on any atom is -0.352 e. The Morgan fingerprint density at radius 3 is 2.18 bits per heavy atom. The van der Waals surface area contributed by atoms with Crippen LogP contribution in [0.15, 0.2) is 48.5 Å². The summed E-state index contributed by atoms with van der Waals surface area (Å²) < 4.78 is 26.4. The molecule has 2 rings (SSSR count). The lowest BCUT2D eigenvalue weighted by Crippen LogP contribution is -2.53. The third-order valence-electron chi connectivity index (χ3n) is 5.61. The zero-order valence-electron chi connectivity index (χ0n) is 20.3. The van der Waals surface area contributed by atoms with Crippen molar-refractivity contribution >= 4 is 27.5 Å². The van der Waals surface area contributed by atoms with Gasteiger partial charge in [-0.25, -0.2) is 8.42 Å². The Morgan fingerprint density at radius 1 is 0.970 bits per heavy atom. The van der Waals surface area contributed by atoms with Crippen LogP contribution >= 0.6 is 0 Å². The number of hydrogen-bond acceptors (Lipinski definition) is 4. The fourth-order valence-corrected chi connectivity index (χ4v) is 4.48. The molecular weight excluding hydrogens is 438 g/mol. The van der Waals surface area contributed by atoms with Crippen LogP contribution in [0.1, 0.15) is 37.5 Å². The normalized spacial score (nSPS) is 12.3. The van der Waals surface area contributed by atoms with Crippen LogP contribution in [-0.2, 0) is 26.0 Å². The molecule has 1 atom stereocenters. The average molecular weight is 474 g/mol. The van der Waals surface area contributed by atoms with Crippen LogP contribution in [-0.4, -0.2) is 56.6 Å². The maximum atomic E-state index is 13.5. The van der Waals surface area contributed by atoms with Crippen molar-refractivity contribution in [1.82, 2.24) is 10.2 Å². The Kier molecular flexibility index (Phi) is 9.05. The molecule has 0 saturated heterocycles. The van der Waals surface area contributed by atoms with E-state index in [2.05, 4.69) is 5.32 Å². The molecule has 7 nitrogen and oxygen atoms in total. The lowest BCUT2D eigenvalue weighted by Gasteiger charge is -2.32. The third-order valence-corrected chi connectivity index (χ3v) is 6.73. The van der Waals surface area contributed by atoms with Crippen molar-refractivity contribution in [3.8, 4) is 0 Å². The average Bonchev–Trinajstić information content (AvgIpc) is 2.73. The van der Waals surface area contributed by atoms with Gasteiger partial charge in [-0.15, -0.1) is 0 Å². The number of amides is 2. The van der Waals surface area contributed by atoms with E-state index in [9.17, 15) is 18.0 Å². The summed E-state index contributed by atoms with van der Waals surface area (Å²) in [5.74, 6) is -0.701. The third kappa shape index (κ3) is 7.32. The Morgan fingerprint density at radius 2 is 1.61 bits per heavy atom. The van der Waals surface area contributed by atoms with Gasteiger partial charge < -0.3 is 10.2 Å². The number of sulfonamides is 1. The molecule has 0 spiro atoms. The summed E-state index contributed by atoms with van der Waals surface area (Å²) in [5, 5.41) is 2.84. The lowest BCUT2D eigenvalue weighted by molar-refractivity contribution is -0.139. The van der Waals surface area contributed by atoms with Gasteiger partial charge in [-0.2, -0.15) is 0 Å². The van der Waals surface area contributed by atoms with Gasteiger partial charge in [0.15, 0.2) is 0 Å². The summed E-state index contributed by atoms with van der Waals surface area (Å²) in [6.07, 6.45) is 1.64. The molecule has 0 saturated carbocycles. The number of carbonyl (C=O) groups is 2. The van der Waals surface area contributed by atoms with E-state index in [0.29, 0.717) is 18.7 Å². The van der Waals surface area contributed by atoms with Gasteiger partial charge in [0.1, 0.15) is 12.6 Å². The van der Waals surface area contributed by atoms with Crippen LogP contribution < -0.4 is 9.62 Å². The molecule has 0 heterocycles. The summed E-state index contributed by atoms with van der Waals surface area (Å²) in [6, 6.07) is 14.2. The van der Waals surface area contributed by atoms with Crippen LogP contribution in [0.5, 0.6) is 0 Å². The van der Waals surface area contributed by atoms with Crippen molar-refractivity contribution in [2.75, 3.05) is 23.7 Å². The quantitative estimate of drug-likeness (QED) is 0.575. The Hall–Kier alpha value is -2.87. The van der Waals surface area contributed by atoms with Crippen molar-refractivity contribution < 1.29 is 18.0 Å². The zero-order chi connectivity index (χ0) is 24.8. The summed E-state index contributed by atoms with van der Waals surface area (Å²) in [7, 11) is -3.73. The summed E-state index contributed by atoms with van der Waals surface area (Å²) in [6.45, 7) is 9.02. The first kappa shape index (κ1) is 26.4. The van der Waals surface area contributed by atoms with E-state index in [1.165, 1.54) is 4.90 Å². The maximum Gasteiger partial charge on any atom is 0.244 e. The number of hydrogen-bond donors (Lipinski definition) is 1.